The molecule has 0 saturated carbocycles. The zero-order valence-electron chi connectivity index (χ0n) is 12.5. The van der Waals surface area contributed by atoms with Crippen molar-refractivity contribution in [2.75, 3.05) is 10.6 Å². The molecule has 22 heavy (non-hydrogen) atoms. The number of furan rings is 1. The van der Waals surface area contributed by atoms with Crippen molar-refractivity contribution in [1.29, 1.82) is 0 Å². The third kappa shape index (κ3) is 3.60. The Morgan fingerprint density at radius 2 is 1.95 bits per heavy atom. The average Bonchev–Trinajstić information content (AvgIpc) is 2.98. The summed E-state index contributed by atoms with van der Waals surface area (Å²) in [5.41, 5.74) is 3.31. The van der Waals surface area contributed by atoms with Gasteiger partial charge in [-0.25, -0.2) is 0 Å². The van der Waals surface area contributed by atoms with E-state index in [9.17, 15) is 0 Å². The lowest BCUT2D eigenvalue weighted by atomic mass is 10.1. The van der Waals surface area contributed by atoms with Gasteiger partial charge >= 0.3 is 0 Å². The minimum atomic E-state index is 0.453. The summed E-state index contributed by atoms with van der Waals surface area (Å²) < 4.78 is 5.27. The van der Waals surface area contributed by atoms with Crippen molar-refractivity contribution >= 4 is 17.5 Å². The minimum Gasteiger partial charge on any atom is -0.467 e. The molecule has 0 bridgehead atoms. The number of benzene rings is 1. The van der Waals surface area contributed by atoms with Crippen LogP contribution in [-0.2, 0) is 6.54 Å². The van der Waals surface area contributed by atoms with Crippen LogP contribution in [0.5, 0.6) is 0 Å². The highest BCUT2D eigenvalue weighted by Crippen LogP contribution is 2.17. The highest BCUT2D eigenvalue weighted by molar-refractivity contribution is 5.56. The van der Waals surface area contributed by atoms with E-state index >= 15 is 0 Å². The van der Waals surface area contributed by atoms with Gasteiger partial charge in [-0.05, 0) is 49.2 Å². The van der Waals surface area contributed by atoms with Gasteiger partial charge in [-0.1, -0.05) is 6.07 Å². The number of hydrogen-bond donors (Lipinski definition) is 2. The maximum absolute atomic E-state index is 5.27. The molecule has 0 amide bonds. The molecule has 0 spiro atoms. The molecule has 0 aliphatic heterocycles. The van der Waals surface area contributed by atoms with Gasteiger partial charge in [-0.2, -0.15) is 10.1 Å². The fourth-order valence-corrected chi connectivity index (χ4v) is 2.21. The number of nitrogens with one attached hydrogen (secondary N) is 2. The Kier molecular flexibility index (Phi) is 4.00. The van der Waals surface area contributed by atoms with E-state index < -0.39 is 0 Å². The second kappa shape index (κ2) is 6.26. The van der Waals surface area contributed by atoms with Crippen molar-refractivity contribution in [3.8, 4) is 0 Å². The van der Waals surface area contributed by atoms with Crippen molar-refractivity contribution in [1.82, 2.24) is 15.2 Å². The number of aromatic nitrogens is 3. The fourth-order valence-electron chi connectivity index (χ4n) is 2.21. The molecule has 6 nitrogen and oxygen atoms in total. The van der Waals surface area contributed by atoms with Gasteiger partial charge in [0.15, 0.2) is 5.82 Å². The Balaban J connectivity index is 1.70. The van der Waals surface area contributed by atoms with Gasteiger partial charge in [-0.15, -0.1) is 5.10 Å². The second-order valence-electron chi connectivity index (χ2n) is 5.10. The van der Waals surface area contributed by atoms with Gasteiger partial charge in [0.1, 0.15) is 5.76 Å². The molecule has 1 aromatic carbocycles. The molecule has 0 atom stereocenters. The Labute approximate surface area is 128 Å². The zero-order valence-corrected chi connectivity index (χ0v) is 12.5. The Bertz CT molecular complexity index is 735. The van der Waals surface area contributed by atoms with E-state index in [0.717, 1.165) is 11.4 Å². The highest BCUT2D eigenvalue weighted by Gasteiger charge is 2.03. The molecule has 0 unspecified atom stereocenters. The first kappa shape index (κ1) is 14.1. The van der Waals surface area contributed by atoms with Crippen LogP contribution in [0.3, 0.4) is 0 Å². The summed E-state index contributed by atoms with van der Waals surface area (Å²) in [6.07, 6.45) is 3.22. The summed E-state index contributed by atoms with van der Waals surface area (Å²) in [5, 5.41) is 14.3. The quantitative estimate of drug-likeness (QED) is 0.751. The first-order valence-corrected chi connectivity index (χ1v) is 7.00. The van der Waals surface area contributed by atoms with Crippen LogP contribution < -0.4 is 10.6 Å². The molecule has 0 fully saturated rings. The van der Waals surface area contributed by atoms with E-state index in [1.165, 1.54) is 11.1 Å². The normalized spacial score (nSPS) is 10.5. The lowest BCUT2D eigenvalue weighted by molar-refractivity contribution is 0.517. The van der Waals surface area contributed by atoms with Gasteiger partial charge in [0.2, 0.25) is 5.95 Å². The average molecular weight is 295 g/mol. The molecule has 0 saturated heterocycles. The van der Waals surface area contributed by atoms with Gasteiger partial charge in [0.25, 0.3) is 0 Å². The van der Waals surface area contributed by atoms with E-state index in [1.807, 2.05) is 24.3 Å². The molecular weight excluding hydrogens is 278 g/mol. The van der Waals surface area contributed by atoms with Crippen molar-refractivity contribution < 1.29 is 4.42 Å². The predicted octanol–water partition coefficient (Wildman–Crippen LogP) is 3.44. The third-order valence-corrected chi connectivity index (χ3v) is 3.06. The minimum absolute atomic E-state index is 0.453. The largest absolute Gasteiger partial charge is 0.467 e. The van der Waals surface area contributed by atoms with Gasteiger partial charge in [0.05, 0.1) is 19.0 Å². The lowest BCUT2D eigenvalue weighted by Gasteiger charge is -2.08. The number of hydrogen-bond acceptors (Lipinski definition) is 6. The Hall–Kier alpha value is -2.89. The molecule has 2 heterocycles. The van der Waals surface area contributed by atoms with Crippen LogP contribution in [0, 0.1) is 13.8 Å². The molecule has 2 N–H and O–H groups in total. The Morgan fingerprint density at radius 3 is 2.68 bits per heavy atom. The van der Waals surface area contributed by atoms with E-state index in [4.69, 9.17) is 4.42 Å². The summed E-state index contributed by atoms with van der Waals surface area (Å²) in [4.78, 5) is 4.39. The van der Waals surface area contributed by atoms with Crippen LogP contribution >= 0.6 is 0 Å². The topological polar surface area (TPSA) is 75.9 Å². The van der Waals surface area contributed by atoms with Crippen molar-refractivity contribution in [3.63, 3.8) is 0 Å². The van der Waals surface area contributed by atoms with Gasteiger partial charge in [0, 0.05) is 5.69 Å². The molecule has 6 heteroatoms. The van der Waals surface area contributed by atoms with Crippen LogP contribution in [0.15, 0.2) is 47.2 Å². The van der Waals surface area contributed by atoms with Gasteiger partial charge in [-0.3, -0.25) is 0 Å². The van der Waals surface area contributed by atoms with E-state index in [2.05, 4.69) is 45.7 Å². The summed E-state index contributed by atoms with van der Waals surface area (Å²) in [6, 6.07) is 9.95. The van der Waals surface area contributed by atoms with Crippen LogP contribution in [-0.4, -0.2) is 15.2 Å². The van der Waals surface area contributed by atoms with Crippen LogP contribution in [0.25, 0.3) is 0 Å². The maximum atomic E-state index is 5.27. The summed E-state index contributed by atoms with van der Waals surface area (Å²) in [6.45, 7) is 4.66. The zero-order chi connectivity index (χ0) is 15.4. The molecule has 112 valence electrons. The van der Waals surface area contributed by atoms with E-state index in [0.29, 0.717) is 18.3 Å². The number of anilines is 3. The fraction of sp³-hybridized carbons (Fsp3) is 0.188. The summed E-state index contributed by atoms with van der Waals surface area (Å²) in [5.74, 6) is 1.93. The second-order valence-corrected chi connectivity index (χ2v) is 5.10. The number of aryl methyl sites for hydroxylation is 2. The highest BCUT2D eigenvalue weighted by atomic mass is 16.3. The smallest absolute Gasteiger partial charge is 0.249 e. The SMILES string of the molecule is Cc1cc(C)cc(Nc2nncc(NCc3ccco3)n2)c1. The monoisotopic (exact) mass is 295 g/mol. The van der Waals surface area contributed by atoms with Crippen LogP contribution in [0.1, 0.15) is 16.9 Å². The molecule has 0 aliphatic carbocycles. The van der Waals surface area contributed by atoms with Gasteiger partial charge < -0.3 is 15.1 Å². The van der Waals surface area contributed by atoms with E-state index in [-0.39, 0.29) is 0 Å². The van der Waals surface area contributed by atoms with E-state index in [1.54, 1.807) is 12.5 Å². The number of nitrogens with zero attached hydrogens (tertiary/aromatic N) is 3. The summed E-state index contributed by atoms with van der Waals surface area (Å²) in [7, 11) is 0. The maximum Gasteiger partial charge on any atom is 0.249 e. The standard InChI is InChI=1S/C16H17N5O/c1-11-6-12(2)8-13(7-11)19-16-20-15(10-18-21-16)17-9-14-4-3-5-22-14/h3-8,10H,9H2,1-2H3,(H2,17,19,20,21). The first-order valence-electron chi connectivity index (χ1n) is 7.00. The van der Waals surface area contributed by atoms with Crippen LogP contribution in [0.4, 0.5) is 17.5 Å². The first-order chi connectivity index (χ1) is 10.7. The molecule has 3 rings (SSSR count). The predicted molar refractivity (Wildman–Crippen MR) is 85.1 cm³/mol. The Morgan fingerprint density at radius 1 is 1.14 bits per heavy atom. The lowest BCUT2D eigenvalue weighted by Crippen LogP contribution is -2.05. The molecular formula is C16H17N5O. The molecule has 0 radical (unpaired) electrons. The molecule has 0 aliphatic rings. The summed E-state index contributed by atoms with van der Waals surface area (Å²) >= 11 is 0. The molecule has 3 aromatic rings. The van der Waals surface area contributed by atoms with Crippen molar-refractivity contribution in [2.45, 2.75) is 20.4 Å². The van der Waals surface area contributed by atoms with Crippen molar-refractivity contribution in [3.05, 3.63) is 59.7 Å². The third-order valence-electron chi connectivity index (χ3n) is 3.06. The number of rotatable bonds is 5. The van der Waals surface area contributed by atoms with Crippen LogP contribution in [0.2, 0.25) is 0 Å². The van der Waals surface area contributed by atoms with Crippen molar-refractivity contribution in [2.24, 2.45) is 0 Å². The molecule has 2 aromatic heterocycles.